The van der Waals surface area contributed by atoms with E-state index in [1.807, 2.05) is 5.38 Å². The van der Waals surface area contributed by atoms with Crippen molar-refractivity contribution >= 4 is 27.4 Å². The topological polar surface area (TPSA) is 72.5 Å². The van der Waals surface area contributed by atoms with E-state index in [1.54, 1.807) is 36.4 Å². The molecule has 136 valence electrons. The van der Waals surface area contributed by atoms with Crippen molar-refractivity contribution in [3.8, 4) is 0 Å². The molecule has 0 bridgehead atoms. The molecule has 0 aliphatic rings. The summed E-state index contributed by atoms with van der Waals surface area (Å²) >= 11 is 1.36. The van der Waals surface area contributed by atoms with Gasteiger partial charge in [-0.2, -0.15) is 8.42 Å². The first kappa shape index (κ1) is 19.6. The zero-order valence-electron chi connectivity index (χ0n) is 14.6. The molecule has 0 fully saturated rings. The van der Waals surface area contributed by atoms with E-state index in [0.29, 0.717) is 17.8 Å². The zero-order valence-corrected chi connectivity index (χ0v) is 16.2. The van der Waals surface area contributed by atoms with E-state index in [9.17, 15) is 13.2 Å². The lowest BCUT2D eigenvalue weighted by Crippen LogP contribution is -2.24. The Hall–Kier alpha value is -1.70. The second-order valence-electron chi connectivity index (χ2n) is 6.64. The minimum Gasteiger partial charge on any atom is -0.351 e. The SMILES string of the molecule is CC(C)(C)c1ccc(S(=O)(=O)OCCCNC(=O)c2cccs2)cc1. The van der Waals surface area contributed by atoms with Crippen molar-refractivity contribution < 1.29 is 17.4 Å². The van der Waals surface area contributed by atoms with Crippen LogP contribution in [0.2, 0.25) is 0 Å². The van der Waals surface area contributed by atoms with Gasteiger partial charge in [0.1, 0.15) is 0 Å². The van der Waals surface area contributed by atoms with Gasteiger partial charge in [0.25, 0.3) is 16.0 Å². The Morgan fingerprint density at radius 2 is 1.84 bits per heavy atom. The van der Waals surface area contributed by atoms with Gasteiger partial charge < -0.3 is 5.32 Å². The Kier molecular flexibility index (Phi) is 6.37. The summed E-state index contributed by atoms with van der Waals surface area (Å²) in [6, 6.07) is 10.3. The highest BCUT2D eigenvalue weighted by Crippen LogP contribution is 2.24. The van der Waals surface area contributed by atoms with E-state index in [0.717, 1.165) is 5.56 Å². The van der Waals surface area contributed by atoms with Gasteiger partial charge in [-0.25, -0.2) is 0 Å². The van der Waals surface area contributed by atoms with E-state index in [1.165, 1.54) is 11.3 Å². The summed E-state index contributed by atoms with van der Waals surface area (Å²) in [4.78, 5) is 12.5. The number of thiophene rings is 1. The third-order valence-corrected chi connectivity index (χ3v) is 5.79. The monoisotopic (exact) mass is 381 g/mol. The predicted octanol–water partition coefficient (Wildman–Crippen LogP) is 3.57. The molecule has 2 aromatic rings. The van der Waals surface area contributed by atoms with Crippen molar-refractivity contribution in [2.45, 2.75) is 37.5 Å². The van der Waals surface area contributed by atoms with Gasteiger partial charge in [0.15, 0.2) is 0 Å². The molecule has 2 rings (SSSR count). The predicted molar refractivity (Wildman–Crippen MR) is 99.5 cm³/mol. The number of nitrogens with one attached hydrogen (secondary N) is 1. The van der Waals surface area contributed by atoms with Crippen molar-refractivity contribution in [3.63, 3.8) is 0 Å². The Labute approximate surface area is 153 Å². The molecular weight excluding hydrogens is 358 g/mol. The Morgan fingerprint density at radius 1 is 1.16 bits per heavy atom. The van der Waals surface area contributed by atoms with Crippen LogP contribution in [0.1, 0.15) is 42.4 Å². The molecule has 0 unspecified atom stereocenters. The van der Waals surface area contributed by atoms with Crippen molar-refractivity contribution in [3.05, 3.63) is 52.2 Å². The van der Waals surface area contributed by atoms with Gasteiger partial charge in [0, 0.05) is 6.54 Å². The quantitative estimate of drug-likeness (QED) is 0.588. The summed E-state index contributed by atoms with van der Waals surface area (Å²) in [5, 5.41) is 4.56. The van der Waals surface area contributed by atoms with E-state index in [-0.39, 0.29) is 22.8 Å². The summed E-state index contributed by atoms with van der Waals surface area (Å²) in [5.74, 6) is -0.157. The highest BCUT2D eigenvalue weighted by Gasteiger charge is 2.18. The van der Waals surface area contributed by atoms with Crippen LogP contribution in [0, 0.1) is 0 Å². The molecule has 25 heavy (non-hydrogen) atoms. The lowest BCUT2D eigenvalue weighted by atomic mass is 9.87. The Morgan fingerprint density at radius 3 is 2.40 bits per heavy atom. The summed E-state index contributed by atoms with van der Waals surface area (Å²) in [6.45, 7) is 6.58. The maximum absolute atomic E-state index is 12.2. The number of hydrogen-bond acceptors (Lipinski definition) is 5. The fourth-order valence-corrected chi connectivity index (χ4v) is 3.71. The first-order valence-corrected chi connectivity index (χ1v) is 10.3. The van der Waals surface area contributed by atoms with Gasteiger partial charge in [-0.15, -0.1) is 11.3 Å². The Balaban J connectivity index is 1.80. The maximum atomic E-state index is 12.2. The molecule has 0 radical (unpaired) electrons. The first-order valence-electron chi connectivity index (χ1n) is 8.02. The summed E-state index contributed by atoms with van der Waals surface area (Å²) in [7, 11) is -3.78. The van der Waals surface area contributed by atoms with Crippen molar-refractivity contribution in [2.24, 2.45) is 0 Å². The van der Waals surface area contributed by atoms with Crippen LogP contribution in [0.25, 0.3) is 0 Å². The lowest BCUT2D eigenvalue weighted by Gasteiger charge is -2.19. The van der Waals surface area contributed by atoms with Gasteiger partial charge in [-0.05, 0) is 41.0 Å². The van der Waals surface area contributed by atoms with Crippen LogP contribution in [0.5, 0.6) is 0 Å². The van der Waals surface area contributed by atoms with E-state index in [2.05, 4.69) is 26.1 Å². The minimum absolute atomic E-state index is 0.0219. The first-order chi connectivity index (χ1) is 11.7. The van der Waals surface area contributed by atoms with Crippen molar-refractivity contribution in [1.29, 1.82) is 0 Å². The standard InChI is InChI=1S/C18H23NO4S2/c1-18(2,3)14-7-9-15(10-8-14)25(21,22)23-12-5-11-19-17(20)16-6-4-13-24-16/h4,6-10,13H,5,11-12H2,1-3H3,(H,19,20). The number of carbonyl (C=O) groups is 1. The second-order valence-corrected chi connectivity index (χ2v) is 9.20. The molecule has 0 saturated carbocycles. The number of benzene rings is 1. The fourth-order valence-electron chi connectivity index (χ4n) is 2.13. The van der Waals surface area contributed by atoms with Crippen LogP contribution < -0.4 is 5.32 Å². The Bertz CT molecular complexity index is 789. The van der Waals surface area contributed by atoms with Gasteiger partial charge >= 0.3 is 0 Å². The van der Waals surface area contributed by atoms with Crippen LogP contribution in [-0.4, -0.2) is 27.5 Å². The normalized spacial score (nSPS) is 12.1. The minimum atomic E-state index is -3.78. The average Bonchev–Trinajstić information content (AvgIpc) is 3.08. The van der Waals surface area contributed by atoms with Crippen LogP contribution >= 0.6 is 11.3 Å². The third-order valence-electron chi connectivity index (χ3n) is 3.60. The molecule has 0 spiro atoms. The molecule has 1 aromatic heterocycles. The average molecular weight is 382 g/mol. The molecule has 1 heterocycles. The van der Waals surface area contributed by atoms with Gasteiger partial charge in [0.2, 0.25) is 0 Å². The van der Waals surface area contributed by atoms with Gasteiger partial charge in [0.05, 0.1) is 16.4 Å². The maximum Gasteiger partial charge on any atom is 0.296 e. The third kappa shape index (κ3) is 5.66. The summed E-state index contributed by atoms with van der Waals surface area (Å²) in [5.41, 5.74) is 1.02. The van der Waals surface area contributed by atoms with Crippen molar-refractivity contribution in [1.82, 2.24) is 5.32 Å². The lowest BCUT2D eigenvalue weighted by molar-refractivity contribution is 0.0956. The molecule has 0 atom stereocenters. The highest BCUT2D eigenvalue weighted by atomic mass is 32.2. The molecule has 1 aromatic carbocycles. The van der Waals surface area contributed by atoms with Gasteiger partial charge in [-0.3, -0.25) is 8.98 Å². The second kappa shape index (κ2) is 8.12. The highest BCUT2D eigenvalue weighted by molar-refractivity contribution is 7.86. The van der Waals surface area contributed by atoms with Crippen LogP contribution in [0.3, 0.4) is 0 Å². The molecule has 1 N–H and O–H groups in total. The number of rotatable bonds is 7. The van der Waals surface area contributed by atoms with Crippen LogP contribution in [-0.2, 0) is 19.7 Å². The molecule has 0 aliphatic carbocycles. The van der Waals surface area contributed by atoms with Crippen LogP contribution in [0.15, 0.2) is 46.7 Å². The van der Waals surface area contributed by atoms with E-state index in [4.69, 9.17) is 4.18 Å². The molecule has 7 heteroatoms. The molecule has 0 saturated heterocycles. The molecule has 5 nitrogen and oxygen atoms in total. The van der Waals surface area contributed by atoms with Crippen LogP contribution in [0.4, 0.5) is 0 Å². The molecule has 0 aliphatic heterocycles. The summed E-state index contributed by atoms with van der Waals surface area (Å²) < 4.78 is 29.4. The number of carbonyl (C=O) groups excluding carboxylic acids is 1. The smallest absolute Gasteiger partial charge is 0.296 e. The molecular formula is C18H23NO4S2. The summed E-state index contributed by atoms with van der Waals surface area (Å²) in [6.07, 6.45) is 0.413. The zero-order chi connectivity index (χ0) is 18.5. The largest absolute Gasteiger partial charge is 0.351 e. The van der Waals surface area contributed by atoms with E-state index < -0.39 is 10.1 Å². The van der Waals surface area contributed by atoms with Crippen molar-refractivity contribution in [2.75, 3.05) is 13.2 Å². The van der Waals surface area contributed by atoms with Gasteiger partial charge in [-0.1, -0.05) is 39.0 Å². The number of hydrogen-bond donors (Lipinski definition) is 1. The fraction of sp³-hybridized carbons (Fsp3) is 0.389. The number of amides is 1. The molecule has 1 amide bonds. The van der Waals surface area contributed by atoms with E-state index >= 15 is 0 Å².